The minimum Gasteiger partial charge on any atom is -0.481 e. The summed E-state index contributed by atoms with van der Waals surface area (Å²) in [6.45, 7) is 4.51. The summed E-state index contributed by atoms with van der Waals surface area (Å²) in [6.07, 6.45) is 3.19. The first-order chi connectivity index (χ1) is 24.3. The highest BCUT2D eigenvalue weighted by molar-refractivity contribution is 6.03. The van der Waals surface area contributed by atoms with Gasteiger partial charge in [0.2, 0.25) is 6.41 Å². The number of carboxylic acids is 1. The highest BCUT2D eigenvalue weighted by Gasteiger charge is 2.42. The molecule has 0 bridgehead atoms. The number of rotatable bonds is 16. The third kappa shape index (κ3) is 8.08. The number of nitrogens with zero attached hydrogens (tertiary/aromatic N) is 7. The number of aliphatic imine (C=N–C) groups is 1. The van der Waals surface area contributed by atoms with Gasteiger partial charge in [-0.05, 0) is 68.0 Å². The predicted octanol–water partition coefficient (Wildman–Crippen LogP) is 6.32. The first-order valence-electron chi connectivity index (χ1n) is 16.7. The van der Waals surface area contributed by atoms with Gasteiger partial charge >= 0.3 is 5.97 Å². The van der Waals surface area contributed by atoms with E-state index in [0.29, 0.717) is 42.0 Å². The molecular formula is C37H41N7O6. The molecule has 1 fully saturated rings. The molecule has 13 nitrogen and oxygen atoms in total. The van der Waals surface area contributed by atoms with Crippen LogP contribution in [0.3, 0.4) is 0 Å². The molecule has 3 aromatic rings. The zero-order chi connectivity index (χ0) is 35.5. The van der Waals surface area contributed by atoms with E-state index < -0.39 is 22.7 Å². The summed E-state index contributed by atoms with van der Waals surface area (Å²) in [5, 5.41) is 25.2. The van der Waals surface area contributed by atoms with Crippen molar-refractivity contribution in [2.45, 2.75) is 37.5 Å². The number of likely N-dealkylation sites (tertiary alicyclic amines) is 1. The van der Waals surface area contributed by atoms with Crippen molar-refractivity contribution in [1.82, 2.24) is 9.80 Å². The number of carboxylic acid groups (broad SMARTS) is 1. The molecular weight excluding hydrogens is 638 g/mol. The van der Waals surface area contributed by atoms with Crippen LogP contribution in [0.1, 0.15) is 48.8 Å². The van der Waals surface area contributed by atoms with Gasteiger partial charge < -0.3 is 19.6 Å². The third-order valence-corrected chi connectivity index (χ3v) is 9.72. The summed E-state index contributed by atoms with van der Waals surface area (Å²) in [5.74, 6) is -3.11. The number of amides is 1. The Kier molecular flexibility index (Phi) is 12.1. The minimum absolute atomic E-state index is 0.0546. The lowest BCUT2D eigenvalue weighted by atomic mass is 9.68. The lowest BCUT2D eigenvalue weighted by molar-refractivity contribution is -0.384. The molecule has 2 unspecified atom stereocenters. The Morgan fingerprint density at radius 1 is 1.10 bits per heavy atom. The summed E-state index contributed by atoms with van der Waals surface area (Å²) in [6, 6.07) is 27.0. The van der Waals surface area contributed by atoms with Crippen molar-refractivity contribution in [1.29, 1.82) is 0 Å². The average Bonchev–Trinajstić information content (AvgIpc) is 3.14. The predicted molar refractivity (Wildman–Crippen MR) is 189 cm³/mol. The van der Waals surface area contributed by atoms with E-state index in [1.807, 2.05) is 12.1 Å². The van der Waals surface area contributed by atoms with Gasteiger partial charge in [-0.3, -0.25) is 24.7 Å². The molecule has 3 aromatic carbocycles. The van der Waals surface area contributed by atoms with E-state index in [9.17, 15) is 24.8 Å². The van der Waals surface area contributed by atoms with Crippen molar-refractivity contribution in [3.63, 3.8) is 0 Å². The number of hydrogen-bond acceptors (Lipinski definition) is 8. The minimum atomic E-state index is -1.13. The van der Waals surface area contributed by atoms with Gasteiger partial charge in [0.1, 0.15) is 5.92 Å². The van der Waals surface area contributed by atoms with Crippen LogP contribution in [0.15, 0.2) is 106 Å². The van der Waals surface area contributed by atoms with Gasteiger partial charge in [-0.1, -0.05) is 77.9 Å². The second-order valence-electron chi connectivity index (χ2n) is 12.5. The number of non-ortho nitro benzene ring substituents is 1. The first-order valence-corrected chi connectivity index (χ1v) is 16.7. The van der Waals surface area contributed by atoms with Gasteiger partial charge in [-0.15, -0.1) is 0 Å². The Bertz CT molecular complexity index is 1710. The molecule has 2 aliphatic heterocycles. The fraction of sp³-hybridized carbons (Fsp3) is 0.378. The second kappa shape index (κ2) is 16.8. The molecule has 1 amide bonds. The highest BCUT2D eigenvalue weighted by atomic mass is 16.6. The molecule has 50 heavy (non-hydrogen) atoms. The Balaban J connectivity index is 1.37. The standard InChI is InChI=1S/C37H41N7O6/c1-27-33(36(46)47)34(28-13-15-31(16-14-28)44(48)49)35(32(40-27)25-50-24-19-39-41-38)43(26-45)21-8-20-42-22-17-37(18-23-42,29-9-4-2-5-10-29)30-11-6-3-7-12-30/h2-7,9-16,26,33-34H,8,17-25H2,1H3,(H,46,47). The number of allylic oxidation sites excluding steroid dienone is 1. The first kappa shape index (κ1) is 35.9. The van der Waals surface area contributed by atoms with Crippen molar-refractivity contribution < 1.29 is 24.4 Å². The number of carbonyl (C=O) groups is 2. The number of aliphatic carboxylic acids is 1. The second-order valence-corrected chi connectivity index (χ2v) is 12.5. The number of nitro groups is 1. The van der Waals surface area contributed by atoms with Crippen molar-refractivity contribution in [3.05, 3.63) is 134 Å². The van der Waals surface area contributed by atoms with Crippen LogP contribution in [0.25, 0.3) is 10.4 Å². The smallest absolute Gasteiger partial charge is 0.313 e. The average molecular weight is 680 g/mol. The summed E-state index contributed by atoms with van der Waals surface area (Å²) in [4.78, 5) is 47.6. The molecule has 2 atom stereocenters. The Labute approximate surface area is 290 Å². The molecule has 2 aliphatic rings. The van der Waals surface area contributed by atoms with Crippen molar-refractivity contribution in [2.75, 3.05) is 45.9 Å². The number of benzene rings is 3. The maximum absolute atomic E-state index is 12.8. The number of hydrogen-bond donors (Lipinski definition) is 1. The van der Waals surface area contributed by atoms with Crippen LogP contribution in [-0.4, -0.2) is 83.9 Å². The van der Waals surface area contributed by atoms with Gasteiger partial charge in [-0.25, -0.2) is 0 Å². The van der Waals surface area contributed by atoms with E-state index in [2.05, 4.69) is 68.4 Å². The van der Waals surface area contributed by atoms with E-state index in [1.165, 1.54) is 40.3 Å². The quantitative estimate of drug-likeness (QED) is 0.0350. The molecule has 0 aliphatic carbocycles. The lowest BCUT2D eigenvalue weighted by Gasteiger charge is -2.43. The van der Waals surface area contributed by atoms with Gasteiger partial charge in [0, 0.05) is 47.2 Å². The molecule has 260 valence electrons. The number of ether oxygens (including phenoxy) is 1. The van der Waals surface area contributed by atoms with E-state index in [-0.39, 0.29) is 30.9 Å². The summed E-state index contributed by atoms with van der Waals surface area (Å²) < 4.78 is 5.75. The van der Waals surface area contributed by atoms with Crippen molar-refractivity contribution >= 4 is 23.8 Å². The third-order valence-electron chi connectivity index (χ3n) is 9.72. The zero-order valence-electron chi connectivity index (χ0n) is 28.0. The normalized spacial score (nSPS) is 18.9. The summed E-state index contributed by atoms with van der Waals surface area (Å²) >= 11 is 0. The molecule has 1 N–H and O–H groups in total. The topological polar surface area (TPSA) is 174 Å². The van der Waals surface area contributed by atoms with E-state index in [0.717, 1.165) is 32.5 Å². The van der Waals surface area contributed by atoms with Gasteiger partial charge in [0.15, 0.2) is 0 Å². The van der Waals surface area contributed by atoms with Crippen LogP contribution in [0.4, 0.5) is 5.69 Å². The van der Waals surface area contributed by atoms with Crippen LogP contribution in [0.2, 0.25) is 0 Å². The molecule has 0 saturated carbocycles. The fourth-order valence-electron chi connectivity index (χ4n) is 7.27. The molecule has 0 spiro atoms. The fourth-order valence-corrected chi connectivity index (χ4v) is 7.27. The van der Waals surface area contributed by atoms with Gasteiger partial charge in [0.05, 0.1) is 29.5 Å². The SMILES string of the molecule is CC1=NC(COCCN=[N+]=[N-])=C(N(C=O)CCCN2CCC(c3ccccc3)(c3ccccc3)CC2)C(c2ccc([N+](=O)[O-])cc2)C1C(=O)O. The number of nitro benzene ring substituents is 1. The van der Waals surface area contributed by atoms with E-state index >= 15 is 0 Å². The van der Waals surface area contributed by atoms with E-state index in [4.69, 9.17) is 10.3 Å². The summed E-state index contributed by atoms with van der Waals surface area (Å²) in [7, 11) is 0. The maximum atomic E-state index is 12.8. The van der Waals surface area contributed by atoms with Crippen molar-refractivity contribution in [2.24, 2.45) is 16.0 Å². The van der Waals surface area contributed by atoms with Crippen LogP contribution in [0, 0.1) is 16.0 Å². The molecule has 13 heteroatoms. The summed E-state index contributed by atoms with van der Waals surface area (Å²) in [5.41, 5.74) is 12.6. The Hall–Kier alpha value is -5.36. The number of piperidine rings is 1. The lowest BCUT2D eigenvalue weighted by Crippen LogP contribution is -2.44. The number of carbonyl (C=O) groups excluding carboxylic acids is 1. The molecule has 5 rings (SSSR count). The molecule has 1 saturated heterocycles. The number of azide groups is 1. The maximum Gasteiger partial charge on any atom is 0.313 e. The van der Waals surface area contributed by atoms with Crippen LogP contribution < -0.4 is 0 Å². The molecule has 2 heterocycles. The van der Waals surface area contributed by atoms with Gasteiger partial charge in [-0.2, -0.15) is 0 Å². The molecule has 0 radical (unpaired) electrons. The Morgan fingerprint density at radius 2 is 1.72 bits per heavy atom. The van der Waals surface area contributed by atoms with Crippen molar-refractivity contribution in [3.8, 4) is 0 Å². The van der Waals surface area contributed by atoms with Crippen LogP contribution >= 0.6 is 0 Å². The van der Waals surface area contributed by atoms with Crippen LogP contribution in [0.5, 0.6) is 0 Å². The largest absolute Gasteiger partial charge is 0.481 e. The Morgan fingerprint density at radius 3 is 2.26 bits per heavy atom. The van der Waals surface area contributed by atoms with Gasteiger partial charge in [0.25, 0.3) is 5.69 Å². The van der Waals surface area contributed by atoms with E-state index in [1.54, 1.807) is 6.92 Å². The zero-order valence-corrected chi connectivity index (χ0v) is 28.0. The van der Waals surface area contributed by atoms with Crippen LogP contribution in [-0.2, 0) is 19.7 Å². The molecule has 0 aromatic heterocycles. The highest BCUT2D eigenvalue weighted by Crippen LogP contribution is 2.43. The monoisotopic (exact) mass is 679 g/mol.